The zero-order valence-corrected chi connectivity index (χ0v) is 17.8. The van der Waals surface area contributed by atoms with Gasteiger partial charge in [0, 0.05) is 6.20 Å². The Balaban J connectivity index is 1.45. The highest BCUT2D eigenvalue weighted by Crippen LogP contribution is 2.33. The van der Waals surface area contributed by atoms with Crippen molar-refractivity contribution in [1.82, 2.24) is 29.7 Å². The van der Waals surface area contributed by atoms with Crippen molar-refractivity contribution >= 4 is 17.0 Å². The molecule has 3 aromatic rings. The Labute approximate surface area is 184 Å². The molecule has 4 heterocycles. The first-order chi connectivity index (χ1) is 15.6. The molecule has 4 atom stereocenters. The van der Waals surface area contributed by atoms with Crippen LogP contribution in [0.25, 0.3) is 22.6 Å². The third-order valence-electron chi connectivity index (χ3n) is 6.71. The van der Waals surface area contributed by atoms with Gasteiger partial charge in [-0.25, -0.2) is 15.0 Å². The molecule has 0 spiro atoms. The summed E-state index contributed by atoms with van der Waals surface area (Å²) >= 11 is 0. The number of aromatic amines is 1. The van der Waals surface area contributed by atoms with E-state index in [2.05, 4.69) is 25.1 Å². The minimum atomic E-state index is -1.25. The number of nitrogens with one attached hydrogen (secondary N) is 1. The fourth-order valence-electron chi connectivity index (χ4n) is 4.87. The van der Waals surface area contributed by atoms with Crippen molar-refractivity contribution in [2.24, 2.45) is 5.92 Å². The number of nitrogens with two attached hydrogens (primary N) is 1. The monoisotopic (exact) mass is 443 g/mol. The Morgan fingerprint density at radius 2 is 1.97 bits per heavy atom. The number of fused-ring (bicyclic) bond motifs is 1. The van der Waals surface area contributed by atoms with Crippen LogP contribution in [0.1, 0.15) is 50.4 Å². The van der Waals surface area contributed by atoms with Gasteiger partial charge >= 0.3 is 0 Å². The number of aliphatic hydroxyl groups is 3. The lowest BCUT2D eigenvalue weighted by Gasteiger charge is -2.21. The van der Waals surface area contributed by atoms with E-state index in [1.54, 1.807) is 6.20 Å². The molecule has 32 heavy (non-hydrogen) atoms. The maximum absolute atomic E-state index is 10.4. The third kappa shape index (κ3) is 3.75. The molecule has 3 aromatic heterocycles. The number of nitrogens with zero attached hydrogens (tertiary/aromatic N) is 5. The fraction of sp³-hybridized carbons (Fsp3) is 0.619. The molecule has 2 fully saturated rings. The second kappa shape index (κ2) is 8.74. The number of aliphatic hydroxyl groups excluding tert-OH is 3. The second-order valence-electron chi connectivity index (χ2n) is 8.77. The quantitative estimate of drug-likeness (QED) is 0.372. The van der Waals surface area contributed by atoms with Crippen molar-refractivity contribution in [3.05, 3.63) is 18.2 Å². The van der Waals surface area contributed by atoms with Crippen molar-refractivity contribution in [2.75, 3.05) is 12.3 Å². The standard InChI is InChI=1S/C21H29N7O4/c22-18-15-20(28(10-23-15)21-17(31)16(30)14(9-29)32-21)26-19(25-18)12-8-24-27-13(12)7-6-11-4-2-1-3-5-11/h8,10-11,14,16-17,21,29-31H,1-7,9H2,(H,24,27)(H2,22,25,26)/t14-,16-,17-,21-/m1/s1. The van der Waals surface area contributed by atoms with Crippen molar-refractivity contribution in [3.63, 3.8) is 0 Å². The van der Waals surface area contributed by atoms with Gasteiger partial charge in [0.15, 0.2) is 23.5 Å². The summed E-state index contributed by atoms with van der Waals surface area (Å²) in [4.78, 5) is 13.4. The molecule has 0 bridgehead atoms. The number of H-pyrrole nitrogens is 1. The van der Waals surface area contributed by atoms with Crippen molar-refractivity contribution < 1.29 is 20.1 Å². The van der Waals surface area contributed by atoms with E-state index in [9.17, 15) is 15.3 Å². The van der Waals surface area contributed by atoms with E-state index in [0.29, 0.717) is 17.0 Å². The zero-order chi connectivity index (χ0) is 22.2. The van der Waals surface area contributed by atoms with Gasteiger partial charge in [0.1, 0.15) is 23.8 Å². The number of ether oxygens (including phenoxy) is 1. The second-order valence-corrected chi connectivity index (χ2v) is 8.77. The maximum Gasteiger partial charge on any atom is 0.168 e. The molecule has 11 nitrogen and oxygen atoms in total. The SMILES string of the molecule is Nc1nc(-c2c[nH]nc2CCC2CCCCC2)nc2c1ncn2[C@@H]1O[C@H](CO)[C@@H](O)[C@H]1O. The molecular formula is C21H29N7O4. The van der Waals surface area contributed by atoms with Gasteiger partial charge in [0.2, 0.25) is 0 Å². The summed E-state index contributed by atoms with van der Waals surface area (Å²) in [5.74, 6) is 1.35. The molecule has 0 amide bonds. The number of rotatable bonds is 6. The van der Waals surface area contributed by atoms with Crippen LogP contribution >= 0.6 is 0 Å². The van der Waals surface area contributed by atoms with Gasteiger partial charge in [0.05, 0.1) is 24.2 Å². The molecule has 1 aliphatic heterocycles. The zero-order valence-electron chi connectivity index (χ0n) is 17.8. The lowest BCUT2D eigenvalue weighted by molar-refractivity contribution is -0.0511. The topological polar surface area (TPSA) is 168 Å². The predicted octanol–water partition coefficient (Wildman–Crippen LogP) is 0.923. The van der Waals surface area contributed by atoms with E-state index >= 15 is 0 Å². The number of aryl methyl sites for hydroxylation is 1. The molecule has 0 radical (unpaired) electrons. The third-order valence-corrected chi connectivity index (χ3v) is 6.71. The summed E-state index contributed by atoms with van der Waals surface area (Å²) < 4.78 is 7.16. The lowest BCUT2D eigenvalue weighted by Crippen LogP contribution is -2.33. The average molecular weight is 444 g/mol. The normalized spacial score (nSPS) is 26.8. The van der Waals surface area contributed by atoms with Crippen LogP contribution < -0.4 is 5.73 Å². The van der Waals surface area contributed by atoms with Crippen molar-refractivity contribution in [3.8, 4) is 11.4 Å². The highest BCUT2D eigenvalue weighted by atomic mass is 16.6. The van der Waals surface area contributed by atoms with E-state index in [0.717, 1.165) is 30.0 Å². The molecule has 0 unspecified atom stereocenters. The largest absolute Gasteiger partial charge is 0.394 e. The molecule has 1 saturated heterocycles. The minimum absolute atomic E-state index is 0.204. The van der Waals surface area contributed by atoms with E-state index < -0.39 is 31.1 Å². The van der Waals surface area contributed by atoms with E-state index in [1.807, 2.05) is 0 Å². The highest BCUT2D eigenvalue weighted by Gasteiger charge is 2.44. The van der Waals surface area contributed by atoms with Gasteiger partial charge in [-0.1, -0.05) is 32.1 Å². The smallest absolute Gasteiger partial charge is 0.168 e. The number of imidazole rings is 1. The van der Waals surface area contributed by atoms with Crippen LogP contribution in [0, 0.1) is 5.92 Å². The average Bonchev–Trinajstić information content (AvgIpc) is 3.51. The van der Waals surface area contributed by atoms with Crippen LogP contribution in [0.2, 0.25) is 0 Å². The van der Waals surface area contributed by atoms with Crippen LogP contribution in [-0.2, 0) is 11.2 Å². The summed E-state index contributed by atoms with van der Waals surface area (Å²) in [5, 5.41) is 37.3. The van der Waals surface area contributed by atoms with Gasteiger partial charge in [-0.15, -0.1) is 0 Å². The molecular weight excluding hydrogens is 414 g/mol. The fourth-order valence-corrected chi connectivity index (χ4v) is 4.87. The molecule has 1 saturated carbocycles. The van der Waals surface area contributed by atoms with Gasteiger partial charge < -0.3 is 25.8 Å². The summed E-state index contributed by atoms with van der Waals surface area (Å²) in [5.41, 5.74) is 8.61. The van der Waals surface area contributed by atoms with Crippen LogP contribution in [0.15, 0.2) is 12.5 Å². The Bertz CT molecular complexity index is 1080. The summed E-state index contributed by atoms with van der Waals surface area (Å²) in [6.45, 7) is -0.414. The summed E-state index contributed by atoms with van der Waals surface area (Å²) in [6, 6.07) is 0. The van der Waals surface area contributed by atoms with Gasteiger partial charge in [-0.05, 0) is 18.8 Å². The molecule has 6 N–H and O–H groups in total. The first-order valence-electron chi connectivity index (χ1n) is 11.2. The van der Waals surface area contributed by atoms with Crippen LogP contribution in [0.4, 0.5) is 5.82 Å². The molecule has 172 valence electrons. The summed E-state index contributed by atoms with van der Waals surface area (Å²) in [7, 11) is 0. The van der Waals surface area contributed by atoms with Gasteiger partial charge in [-0.2, -0.15) is 5.10 Å². The predicted molar refractivity (Wildman–Crippen MR) is 115 cm³/mol. The molecule has 11 heteroatoms. The number of nitrogen functional groups attached to an aromatic ring is 1. The van der Waals surface area contributed by atoms with E-state index in [-0.39, 0.29) is 5.82 Å². The number of anilines is 1. The Morgan fingerprint density at radius 1 is 1.16 bits per heavy atom. The summed E-state index contributed by atoms with van der Waals surface area (Å²) in [6.07, 6.45) is 7.30. The van der Waals surface area contributed by atoms with Gasteiger partial charge in [0.25, 0.3) is 0 Å². The minimum Gasteiger partial charge on any atom is -0.394 e. The number of aromatic nitrogens is 6. The van der Waals surface area contributed by atoms with Crippen LogP contribution in [0.3, 0.4) is 0 Å². The molecule has 2 aliphatic rings. The van der Waals surface area contributed by atoms with E-state index in [1.165, 1.54) is 43.0 Å². The van der Waals surface area contributed by atoms with Crippen molar-refractivity contribution in [1.29, 1.82) is 0 Å². The molecule has 1 aliphatic carbocycles. The molecule has 5 rings (SSSR count). The van der Waals surface area contributed by atoms with Crippen molar-refractivity contribution in [2.45, 2.75) is 69.5 Å². The van der Waals surface area contributed by atoms with Gasteiger partial charge in [-0.3, -0.25) is 9.67 Å². The Kier molecular flexibility index (Phi) is 5.80. The van der Waals surface area contributed by atoms with Crippen LogP contribution in [0.5, 0.6) is 0 Å². The van der Waals surface area contributed by atoms with E-state index in [4.69, 9.17) is 10.5 Å². The number of hydrogen-bond acceptors (Lipinski definition) is 9. The Morgan fingerprint density at radius 3 is 2.72 bits per heavy atom. The first kappa shape index (κ1) is 21.3. The maximum atomic E-state index is 10.4. The first-order valence-corrected chi connectivity index (χ1v) is 11.2. The number of hydrogen-bond donors (Lipinski definition) is 5. The van der Waals surface area contributed by atoms with Crippen LogP contribution in [-0.4, -0.2) is 70.0 Å². The Hall–Kier alpha value is -2.60. The highest BCUT2D eigenvalue weighted by molar-refractivity contribution is 5.84. The lowest BCUT2D eigenvalue weighted by atomic mass is 9.85. The molecule has 0 aromatic carbocycles.